The molecular weight excluding hydrogens is 265 g/mol. The van der Waals surface area contributed by atoms with Gasteiger partial charge in [-0.15, -0.1) is 0 Å². The second-order valence-electron chi connectivity index (χ2n) is 3.55. The van der Waals surface area contributed by atoms with Gasteiger partial charge < -0.3 is 4.74 Å². The van der Waals surface area contributed by atoms with Crippen LogP contribution in [0.2, 0.25) is 0 Å². The molecule has 0 aliphatic carbocycles. The summed E-state index contributed by atoms with van der Waals surface area (Å²) in [5.74, 6) is -2.78. The van der Waals surface area contributed by atoms with Crippen molar-refractivity contribution >= 4 is 23.9 Å². The minimum Gasteiger partial charge on any atom is -0.450 e. The number of ether oxygens (including phenoxy) is 1. The van der Waals surface area contributed by atoms with Crippen LogP contribution < -0.4 is 5.32 Å². The molecule has 0 aliphatic heterocycles. The van der Waals surface area contributed by atoms with Crippen LogP contribution in [0.5, 0.6) is 0 Å². The van der Waals surface area contributed by atoms with Gasteiger partial charge in [-0.25, -0.2) is 9.18 Å². The fourth-order valence-electron chi connectivity index (χ4n) is 1.22. The molecule has 0 saturated heterocycles. The SMILES string of the molecule is CCOC(=O)NC(=O)C(C#N)C=Nc1ccccc1F. The maximum Gasteiger partial charge on any atom is 0.413 e. The summed E-state index contributed by atoms with van der Waals surface area (Å²) in [4.78, 5) is 26.3. The molecule has 0 bridgehead atoms. The number of imide groups is 1. The highest BCUT2D eigenvalue weighted by Crippen LogP contribution is 2.15. The number of carbonyl (C=O) groups excluding carboxylic acids is 2. The van der Waals surface area contributed by atoms with E-state index < -0.39 is 23.7 Å². The number of aliphatic imine (C=N–C) groups is 1. The average Bonchev–Trinajstić information content (AvgIpc) is 2.41. The van der Waals surface area contributed by atoms with Crippen LogP contribution in [0.25, 0.3) is 0 Å². The fraction of sp³-hybridized carbons (Fsp3) is 0.231. The van der Waals surface area contributed by atoms with Crippen molar-refractivity contribution in [2.75, 3.05) is 6.61 Å². The molecule has 0 aliphatic rings. The van der Waals surface area contributed by atoms with E-state index in [0.29, 0.717) is 0 Å². The Bertz CT molecular complexity index is 566. The minimum absolute atomic E-state index is 0.00307. The molecular formula is C13H12FN3O3. The summed E-state index contributed by atoms with van der Waals surface area (Å²) in [6, 6.07) is 7.30. The van der Waals surface area contributed by atoms with Gasteiger partial charge in [-0.1, -0.05) is 12.1 Å². The Balaban J connectivity index is 2.73. The quantitative estimate of drug-likeness (QED) is 0.851. The third-order valence-electron chi connectivity index (χ3n) is 2.14. The number of rotatable bonds is 4. The molecule has 20 heavy (non-hydrogen) atoms. The second-order valence-corrected chi connectivity index (χ2v) is 3.55. The summed E-state index contributed by atoms with van der Waals surface area (Å²) in [5.41, 5.74) is -0.00307. The normalized spacial score (nSPS) is 11.7. The summed E-state index contributed by atoms with van der Waals surface area (Å²) in [7, 11) is 0. The van der Waals surface area contributed by atoms with Crippen LogP contribution in [0.4, 0.5) is 14.9 Å². The second kappa shape index (κ2) is 7.63. The van der Waals surface area contributed by atoms with Gasteiger partial charge in [0.05, 0.1) is 18.4 Å². The number of carbonyl (C=O) groups is 2. The molecule has 1 N–H and O–H groups in total. The molecule has 0 aromatic heterocycles. The van der Waals surface area contributed by atoms with Crippen molar-refractivity contribution in [3.63, 3.8) is 0 Å². The van der Waals surface area contributed by atoms with Crippen molar-refractivity contribution in [2.24, 2.45) is 10.9 Å². The average molecular weight is 277 g/mol. The van der Waals surface area contributed by atoms with E-state index >= 15 is 0 Å². The van der Waals surface area contributed by atoms with Crippen LogP contribution in [-0.2, 0) is 9.53 Å². The predicted octanol–water partition coefficient (Wildman–Crippen LogP) is 1.94. The predicted molar refractivity (Wildman–Crippen MR) is 68.8 cm³/mol. The van der Waals surface area contributed by atoms with Gasteiger partial charge in [-0.3, -0.25) is 15.1 Å². The van der Waals surface area contributed by atoms with Gasteiger partial charge in [0.25, 0.3) is 5.91 Å². The smallest absolute Gasteiger partial charge is 0.413 e. The van der Waals surface area contributed by atoms with Crippen LogP contribution in [0.15, 0.2) is 29.3 Å². The molecule has 2 amide bonds. The number of benzene rings is 1. The third kappa shape index (κ3) is 4.49. The van der Waals surface area contributed by atoms with E-state index in [4.69, 9.17) is 5.26 Å². The number of halogens is 1. The van der Waals surface area contributed by atoms with Gasteiger partial charge in [0.1, 0.15) is 5.82 Å². The lowest BCUT2D eigenvalue weighted by molar-refractivity contribution is -0.121. The molecule has 7 heteroatoms. The number of alkyl carbamates (subject to hydrolysis) is 1. The zero-order chi connectivity index (χ0) is 15.0. The van der Waals surface area contributed by atoms with E-state index in [1.165, 1.54) is 18.2 Å². The number of hydrogen-bond donors (Lipinski definition) is 1. The van der Waals surface area contributed by atoms with Crippen molar-refractivity contribution in [3.05, 3.63) is 30.1 Å². The number of nitrogens with zero attached hydrogens (tertiary/aromatic N) is 2. The summed E-state index contributed by atoms with van der Waals surface area (Å²) >= 11 is 0. The topological polar surface area (TPSA) is 91.5 Å². The maximum atomic E-state index is 13.3. The summed E-state index contributed by atoms with van der Waals surface area (Å²) in [6.07, 6.45) is 0.0181. The molecule has 0 heterocycles. The van der Waals surface area contributed by atoms with Gasteiger partial charge >= 0.3 is 6.09 Å². The first-order valence-electron chi connectivity index (χ1n) is 5.74. The monoisotopic (exact) mass is 277 g/mol. The van der Waals surface area contributed by atoms with Crippen molar-refractivity contribution in [3.8, 4) is 6.07 Å². The first kappa shape index (κ1) is 15.3. The van der Waals surface area contributed by atoms with Crippen LogP contribution in [-0.4, -0.2) is 24.8 Å². The third-order valence-corrected chi connectivity index (χ3v) is 2.14. The van der Waals surface area contributed by atoms with E-state index in [1.807, 2.05) is 5.32 Å². The molecule has 0 radical (unpaired) electrons. The standard InChI is InChI=1S/C13H12FN3O3/c1-2-20-13(19)17-12(18)9(7-15)8-16-11-6-4-3-5-10(11)14/h3-6,8-9H,2H2,1H3,(H,17,18,19). The van der Waals surface area contributed by atoms with E-state index in [1.54, 1.807) is 19.1 Å². The number of amides is 2. The largest absolute Gasteiger partial charge is 0.450 e. The molecule has 1 aromatic carbocycles. The number of hydrogen-bond acceptors (Lipinski definition) is 5. The first-order chi connectivity index (χ1) is 9.58. The molecule has 1 unspecified atom stereocenters. The van der Waals surface area contributed by atoms with Gasteiger partial charge in [0, 0.05) is 6.21 Å². The van der Waals surface area contributed by atoms with Crippen molar-refractivity contribution in [1.29, 1.82) is 5.26 Å². The summed E-state index contributed by atoms with van der Waals surface area (Å²) in [6.45, 7) is 1.67. The minimum atomic E-state index is -1.32. The van der Waals surface area contributed by atoms with E-state index in [2.05, 4.69) is 9.73 Å². The van der Waals surface area contributed by atoms with Gasteiger partial charge in [0.15, 0.2) is 5.92 Å². The Hall–Kier alpha value is -2.75. The van der Waals surface area contributed by atoms with Crippen molar-refractivity contribution in [1.82, 2.24) is 5.32 Å². The summed E-state index contributed by atoms with van der Waals surface area (Å²) in [5, 5.41) is 10.7. The molecule has 0 spiro atoms. The zero-order valence-corrected chi connectivity index (χ0v) is 10.7. The van der Waals surface area contributed by atoms with Crippen LogP contribution >= 0.6 is 0 Å². The first-order valence-corrected chi connectivity index (χ1v) is 5.74. The van der Waals surface area contributed by atoms with Gasteiger partial charge in [-0.05, 0) is 19.1 Å². The van der Waals surface area contributed by atoms with Crippen LogP contribution in [0.1, 0.15) is 6.92 Å². The molecule has 0 fully saturated rings. The molecule has 104 valence electrons. The lowest BCUT2D eigenvalue weighted by Gasteiger charge is -2.05. The van der Waals surface area contributed by atoms with Crippen LogP contribution in [0.3, 0.4) is 0 Å². The van der Waals surface area contributed by atoms with E-state index in [-0.39, 0.29) is 12.3 Å². The Labute approximate surface area is 114 Å². The number of nitrogens with one attached hydrogen (secondary N) is 1. The van der Waals surface area contributed by atoms with Gasteiger partial charge in [0.2, 0.25) is 0 Å². The maximum absolute atomic E-state index is 13.3. The molecule has 0 saturated carbocycles. The molecule has 1 aromatic rings. The fourth-order valence-corrected chi connectivity index (χ4v) is 1.22. The van der Waals surface area contributed by atoms with Crippen molar-refractivity contribution in [2.45, 2.75) is 6.92 Å². The molecule has 6 nitrogen and oxygen atoms in total. The Kier molecular flexibility index (Phi) is 5.84. The summed E-state index contributed by atoms with van der Waals surface area (Å²) < 4.78 is 17.8. The zero-order valence-electron chi connectivity index (χ0n) is 10.7. The Morgan fingerprint density at radius 2 is 2.25 bits per heavy atom. The highest BCUT2D eigenvalue weighted by molar-refractivity contribution is 6.03. The lowest BCUT2D eigenvalue weighted by atomic mass is 10.2. The number of para-hydroxylation sites is 1. The molecule has 1 atom stereocenters. The Morgan fingerprint density at radius 1 is 1.55 bits per heavy atom. The van der Waals surface area contributed by atoms with Crippen molar-refractivity contribution < 1.29 is 18.7 Å². The number of nitriles is 1. The Morgan fingerprint density at radius 3 is 2.85 bits per heavy atom. The highest BCUT2D eigenvalue weighted by Gasteiger charge is 2.18. The lowest BCUT2D eigenvalue weighted by Crippen LogP contribution is -2.36. The van der Waals surface area contributed by atoms with Gasteiger partial charge in [-0.2, -0.15) is 5.26 Å². The van der Waals surface area contributed by atoms with E-state index in [0.717, 1.165) is 6.21 Å². The van der Waals surface area contributed by atoms with Crippen LogP contribution in [0, 0.1) is 23.1 Å². The highest BCUT2D eigenvalue weighted by atomic mass is 19.1. The molecule has 1 rings (SSSR count). The van der Waals surface area contributed by atoms with E-state index in [9.17, 15) is 14.0 Å².